The molecule has 0 aliphatic heterocycles. The summed E-state index contributed by atoms with van der Waals surface area (Å²) < 4.78 is 0. The van der Waals surface area contributed by atoms with Crippen LogP contribution in [0.2, 0.25) is 5.02 Å². The average Bonchev–Trinajstić information content (AvgIpc) is 2.90. The molecule has 1 aromatic heterocycles. The summed E-state index contributed by atoms with van der Waals surface area (Å²) in [6, 6.07) is 10.1. The van der Waals surface area contributed by atoms with Crippen molar-refractivity contribution in [2.45, 2.75) is 19.9 Å². The maximum atomic E-state index is 6.15. The zero-order chi connectivity index (χ0) is 15.1. The number of benzene rings is 1. The molecule has 1 aromatic carbocycles. The van der Waals surface area contributed by atoms with Crippen LogP contribution >= 0.6 is 46.9 Å². The Morgan fingerprint density at radius 2 is 2.00 bits per heavy atom. The van der Waals surface area contributed by atoms with Gasteiger partial charge in [-0.3, -0.25) is 4.99 Å². The van der Waals surface area contributed by atoms with Crippen LogP contribution in [-0.4, -0.2) is 19.6 Å². The minimum atomic E-state index is 0. The van der Waals surface area contributed by atoms with Crippen molar-refractivity contribution in [3.8, 4) is 0 Å². The quantitative estimate of drug-likeness (QED) is 0.407. The second-order valence-electron chi connectivity index (χ2n) is 4.72. The molecular formula is C16H21ClIN3S. The molecule has 0 radical (unpaired) electrons. The molecule has 2 aromatic rings. The molecule has 120 valence electrons. The highest BCUT2D eigenvalue weighted by molar-refractivity contribution is 14.0. The summed E-state index contributed by atoms with van der Waals surface area (Å²) >= 11 is 7.91. The first-order valence-electron chi connectivity index (χ1n) is 6.91. The highest BCUT2D eigenvalue weighted by Gasteiger charge is 2.03. The van der Waals surface area contributed by atoms with E-state index in [9.17, 15) is 0 Å². The number of aliphatic imine (C=N–C) groups is 1. The zero-order valence-electron chi connectivity index (χ0n) is 12.7. The van der Waals surface area contributed by atoms with Gasteiger partial charge in [0.15, 0.2) is 5.96 Å². The molecule has 0 atom stereocenters. The Labute approximate surface area is 158 Å². The summed E-state index contributed by atoms with van der Waals surface area (Å²) in [7, 11) is 1.78. The van der Waals surface area contributed by atoms with Gasteiger partial charge in [-0.25, -0.2) is 0 Å². The molecular weight excluding hydrogens is 429 g/mol. The molecule has 0 saturated carbocycles. The number of nitrogens with zero attached hydrogens (tertiary/aromatic N) is 1. The van der Waals surface area contributed by atoms with E-state index in [0.29, 0.717) is 0 Å². The van der Waals surface area contributed by atoms with Crippen LogP contribution in [0.5, 0.6) is 0 Å². The fourth-order valence-corrected chi connectivity index (χ4v) is 3.06. The number of hydrogen-bond acceptors (Lipinski definition) is 2. The van der Waals surface area contributed by atoms with Gasteiger partial charge >= 0.3 is 0 Å². The third-order valence-electron chi connectivity index (χ3n) is 3.25. The van der Waals surface area contributed by atoms with E-state index in [1.807, 2.05) is 18.2 Å². The number of aryl methyl sites for hydroxylation is 1. The number of guanidine groups is 1. The first-order chi connectivity index (χ1) is 10.2. The predicted octanol–water partition coefficient (Wildman–Crippen LogP) is 4.24. The molecule has 2 N–H and O–H groups in total. The zero-order valence-corrected chi connectivity index (χ0v) is 16.6. The summed E-state index contributed by atoms with van der Waals surface area (Å²) in [5.74, 6) is 0.815. The van der Waals surface area contributed by atoms with Gasteiger partial charge < -0.3 is 10.6 Å². The summed E-state index contributed by atoms with van der Waals surface area (Å²) in [5.41, 5.74) is 2.47. The van der Waals surface area contributed by atoms with Crippen LogP contribution in [0.4, 0.5) is 0 Å². The van der Waals surface area contributed by atoms with Gasteiger partial charge in [-0.2, -0.15) is 0 Å². The Balaban J connectivity index is 0.00000242. The Morgan fingerprint density at radius 3 is 2.64 bits per heavy atom. The molecule has 0 amide bonds. The van der Waals surface area contributed by atoms with Crippen molar-refractivity contribution < 1.29 is 0 Å². The number of thiophene rings is 1. The van der Waals surface area contributed by atoms with Crippen molar-refractivity contribution in [3.05, 3.63) is 56.7 Å². The third-order valence-corrected chi connectivity index (χ3v) is 4.64. The molecule has 0 spiro atoms. The minimum Gasteiger partial charge on any atom is -0.356 e. The van der Waals surface area contributed by atoms with Crippen LogP contribution < -0.4 is 10.6 Å². The van der Waals surface area contributed by atoms with Crippen LogP contribution in [0.3, 0.4) is 0 Å². The highest BCUT2D eigenvalue weighted by atomic mass is 127. The largest absolute Gasteiger partial charge is 0.356 e. The monoisotopic (exact) mass is 449 g/mol. The van der Waals surface area contributed by atoms with Gasteiger partial charge in [-0.1, -0.05) is 29.8 Å². The fourth-order valence-electron chi connectivity index (χ4n) is 1.99. The van der Waals surface area contributed by atoms with E-state index in [1.165, 1.54) is 10.4 Å². The summed E-state index contributed by atoms with van der Waals surface area (Å²) in [4.78, 5) is 5.57. The van der Waals surface area contributed by atoms with E-state index in [0.717, 1.165) is 36.1 Å². The Hall–Kier alpha value is -0.790. The lowest BCUT2D eigenvalue weighted by Crippen LogP contribution is -2.37. The van der Waals surface area contributed by atoms with Crippen LogP contribution in [0.15, 0.2) is 40.7 Å². The first-order valence-corrected chi connectivity index (χ1v) is 8.17. The lowest BCUT2D eigenvalue weighted by atomic mass is 10.1. The van der Waals surface area contributed by atoms with Gasteiger partial charge in [-0.05, 0) is 42.0 Å². The number of rotatable bonds is 5. The van der Waals surface area contributed by atoms with Crippen molar-refractivity contribution in [1.29, 1.82) is 0 Å². The molecule has 0 unspecified atom stereocenters. The Bertz CT molecular complexity index is 613. The van der Waals surface area contributed by atoms with Gasteiger partial charge in [0.1, 0.15) is 0 Å². The Kier molecular flexibility index (Phi) is 8.82. The van der Waals surface area contributed by atoms with Crippen molar-refractivity contribution in [3.63, 3.8) is 0 Å². The number of hydrogen-bond donors (Lipinski definition) is 2. The van der Waals surface area contributed by atoms with E-state index in [-0.39, 0.29) is 24.0 Å². The highest BCUT2D eigenvalue weighted by Crippen LogP contribution is 2.15. The van der Waals surface area contributed by atoms with Gasteiger partial charge in [0.2, 0.25) is 0 Å². The van der Waals surface area contributed by atoms with E-state index in [1.54, 1.807) is 18.4 Å². The van der Waals surface area contributed by atoms with E-state index in [2.05, 4.69) is 40.1 Å². The van der Waals surface area contributed by atoms with Crippen molar-refractivity contribution in [1.82, 2.24) is 10.6 Å². The fraction of sp³-hybridized carbons (Fsp3) is 0.312. The Morgan fingerprint density at radius 1 is 1.23 bits per heavy atom. The number of halogens is 2. The third kappa shape index (κ3) is 5.78. The van der Waals surface area contributed by atoms with Gasteiger partial charge in [-0.15, -0.1) is 35.3 Å². The van der Waals surface area contributed by atoms with Crippen LogP contribution in [0.25, 0.3) is 0 Å². The van der Waals surface area contributed by atoms with Crippen molar-refractivity contribution in [2.75, 3.05) is 13.6 Å². The summed E-state index contributed by atoms with van der Waals surface area (Å²) in [6.45, 7) is 3.73. The molecule has 0 fully saturated rings. The molecule has 0 bridgehead atoms. The van der Waals surface area contributed by atoms with Gasteiger partial charge in [0.05, 0.1) is 6.54 Å². The molecule has 0 aliphatic rings. The molecule has 1 heterocycles. The molecule has 2 rings (SSSR count). The molecule has 6 heteroatoms. The standard InChI is InChI=1S/C16H20ClN3S.HI/c1-12-8-10-21-15(12)11-20-16(18-2)19-9-7-13-5-3-4-6-14(13)17;/h3-6,8,10H,7,9,11H2,1-2H3,(H2,18,19,20);1H. The smallest absolute Gasteiger partial charge is 0.191 e. The lowest BCUT2D eigenvalue weighted by Gasteiger charge is -2.12. The van der Waals surface area contributed by atoms with Gasteiger partial charge in [0, 0.05) is 23.5 Å². The predicted molar refractivity (Wildman–Crippen MR) is 108 cm³/mol. The average molecular weight is 450 g/mol. The minimum absolute atomic E-state index is 0. The second-order valence-corrected chi connectivity index (χ2v) is 6.13. The molecule has 0 saturated heterocycles. The van der Waals surface area contributed by atoms with Gasteiger partial charge in [0.25, 0.3) is 0 Å². The second kappa shape index (κ2) is 10.1. The number of nitrogens with one attached hydrogen (secondary N) is 2. The summed E-state index contributed by atoms with van der Waals surface area (Å²) in [6.07, 6.45) is 0.873. The molecule has 3 nitrogen and oxygen atoms in total. The topological polar surface area (TPSA) is 36.4 Å². The van der Waals surface area contributed by atoms with E-state index in [4.69, 9.17) is 11.6 Å². The normalized spacial score (nSPS) is 11.0. The van der Waals surface area contributed by atoms with Crippen LogP contribution in [0.1, 0.15) is 16.0 Å². The molecule has 22 heavy (non-hydrogen) atoms. The van der Waals surface area contributed by atoms with Crippen LogP contribution in [0, 0.1) is 6.92 Å². The van der Waals surface area contributed by atoms with Crippen molar-refractivity contribution in [2.24, 2.45) is 4.99 Å². The SMILES string of the molecule is CN=C(NCCc1ccccc1Cl)NCc1sccc1C.I. The van der Waals surface area contributed by atoms with E-state index < -0.39 is 0 Å². The van der Waals surface area contributed by atoms with Crippen molar-refractivity contribution >= 4 is 52.9 Å². The first kappa shape index (κ1) is 19.3. The lowest BCUT2D eigenvalue weighted by molar-refractivity contribution is 0.798. The van der Waals surface area contributed by atoms with E-state index >= 15 is 0 Å². The maximum absolute atomic E-state index is 6.15. The maximum Gasteiger partial charge on any atom is 0.191 e. The van der Waals surface area contributed by atoms with Crippen LogP contribution in [-0.2, 0) is 13.0 Å². The summed E-state index contributed by atoms with van der Waals surface area (Å²) in [5, 5.41) is 9.57. The molecule has 0 aliphatic carbocycles.